The molecule has 1 rings (SSSR count). The molecule has 0 heterocycles. The molecule has 0 aliphatic heterocycles. The summed E-state index contributed by atoms with van der Waals surface area (Å²) in [5, 5.41) is 0. The summed E-state index contributed by atoms with van der Waals surface area (Å²) in [6, 6.07) is 8.79. The molecule has 1 aromatic rings. The van der Waals surface area contributed by atoms with Crippen molar-refractivity contribution < 1.29 is 21.6 Å². The van der Waals surface area contributed by atoms with Crippen molar-refractivity contribution >= 4 is 25.5 Å². The van der Waals surface area contributed by atoms with Gasteiger partial charge in [-0.25, -0.2) is 16.8 Å². The number of carbonyl (C=O) groups excluding carboxylic acids is 1. The van der Waals surface area contributed by atoms with Gasteiger partial charge in [0.25, 0.3) is 0 Å². The van der Waals surface area contributed by atoms with Gasteiger partial charge in [-0.3, -0.25) is 4.79 Å². The topological polar surface area (TPSA) is 85.3 Å². The van der Waals surface area contributed by atoms with Gasteiger partial charge >= 0.3 is 0 Å². The van der Waals surface area contributed by atoms with E-state index in [1.165, 1.54) is 6.92 Å². The maximum absolute atomic E-state index is 12.3. The van der Waals surface area contributed by atoms with Gasteiger partial charge in [0.05, 0.1) is 16.9 Å². The van der Waals surface area contributed by atoms with Crippen LogP contribution in [0.15, 0.2) is 30.3 Å². The van der Waals surface area contributed by atoms with Crippen molar-refractivity contribution in [2.45, 2.75) is 25.2 Å². The van der Waals surface area contributed by atoms with Gasteiger partial charge in [-0.2, -0.15) is 0 Å². The second-order valence-electron chi connectivity index (χ2n) is 5.76. The maximum atomic E-state index is 12.3. The number of carbonyl (C=O) groups is 1. The third kappa shape index (κ3) is 5.53. The Kier molecular flexibility index (Phi) is 5.92. The molecule has 5 nitrogen and oxygen atoms in total. The molecule has 0 amide bonds. The lowest BCUT2D eigenvalue weighted by molar-refractivity contribution is -0.122. The van der Waals surface area contributed by atoms with Gasteiger partial charge in [-0.05, 0) is 25.3 Å². The van der Waals surface area contributed by atoms with Crippen molar-refractivity contribution in [3.05, 3.63) is 35.9 Å². The highest BCUT2D eigenvalue weighted by Crippen LogP contribution is 2.34. The molecule has 22 heavy (non-hydrogen) atoms. The fraction of sp³-hybridized carbons (Fsp3) is 0.533. The molecule has 0 bridgehead atoms. The van der Waals surface area contributed by atoms with E-state index in [-0.39, 0.29) is 30.1 Å². The number of ketones is 1. The van der Waals surface area contributed by atoms with E-state index in [0.717, 1.165) is 12.5 Å². The Morgan fingerprint density at radius 3 is 1.64 bits per heavy atom. The smallest absolute Gasteiger partial charge is 0.147 e. The molecule has 0 spiro atoms. The minimum atomic E-state index is -3.25. The second-order valence-corrected chi connectivity index (χ2v) is 10.3. The summed E-state index contributed by atoms with van der Waals surface area (Å²) in [7, 11) is -6.51. The third-order valence-corrected chi connectivity index (χ3v) is 5.69. The molecular formula is C15H22O5S2. The summed E-state index contributed by atoms with van der Waals surface area (Å²) in [5.74, 6) is -0.540. The van der Waals surface area contributed by atoms with E-state index >= 15 is 0 Å². The van der Waals surface area contributed by atoms with Crippen LogP contribution in [-0.4, -0.2) is 46.6 Å². The molecule has 0 unspecified atom stereocenters. The van der Waals surface area contributed by atoms with Gasteiger partial charge in [0.1, 0.15) is 25.5 Å². The molecular weight excluding hydrogens is 324 g/mol. The van der Waals surface area contributed by atoms with Gasteiger partial charge in [0.15, 0.2) is 0 Å². The Morgan fingerprint density at radius 2 is 1.32 bits per heavy atom. The number of hydrogen-bond acceptors (Lipinski definition) is 5. The monoisotopic (exact) mass is 346 g/mol. The standard InChI is InChI=1S/C15H22O5S2/c1-13(16)15(9-11-21(2,17)18,10-12-22(3,19)20)14-7-5-4-6-8-14/h4-8H,9-12H2,1-3H3. The van der Waals surface area contributed by atoms with E-state index in [2.05, 4.69) is 0 Å². The summed E-state index contributed by atoms with van der Waals surface area (Å²) < 4.78 is 46.0. The fourth-order valence-electron chi connectivity index (χ4n) is 2.45. The molecule has 0 fully saturated rings. The van der Waals surface area contributed by atoms with Crippen LogP contribution in [-0.2, 0) is 29.9 Å². The summed E-state index contributed by atoms with van der Waals surface area (Å²) >= 11 is 0. The quantitative estimate of drug-likeness (QED) is 0.710. The zero-order valence-electron chi connectivity index (χ0n) is 13.1. The fourth-order valence-corrected chi connectivity index (χ4v) is 3.88. The van der Waals surface area contributed by atoms with E-state index in [4.69, 9.17) is 0 Å². The van der Waals surface area contributed by atoms with Crippen LogP contribution in [0.2, 0.25) is 0 Å². The van der Waals surface area contributed by atoms with E-state index in [0.29, 0.717) is 5.56 Å². The Morgan fingerprint density at radius 1 is 0.909 bits per heavy atom. The van der Waals surface area contributed by atoms with Crippen LogP contribution in [0.1, 0.15) is 25.3 Å². The lowest BCUT2D eigenvalue weighted by Gasteiger charge is -2.31. The molecule has 0 saturated carbocycles. The number of rotatable bonds is 8. The molecule has 0 radical (unpaired) electrons. The van der Waals surface area contributed by atoms with Crippen LogP contribution in [0.25, 0.3) is 0 Å². The van der Waals surface area contributed by atoms with Gasteiger partial charge in [-0.1, -0.05) is 30.3 Å². The molecule has 0 N–H and O–H groups in total. The van der Waals surface area contributed by atoms with E-state index < -0.39 is 25.1 Å². The van der Waals surface area contributed by atoms with Crippen molar-refractivity contribution in [2.24, 2.45) is 0 Å². The Balaban J connectivity index is 3.28. The zero-order valence-corrected chi connectivity index (χ0v) is 14.7. The van der Waals surface area contributed by atoms with Crippen molar-refractivity contribution in [1.82, 2.24) is 0 Å². The van der Waals surface area contributed by atoms with Crippen molar-refractivity contribution in [3.8, 4) is 0 Å². The average molecular weight is 346 g/mol. The SMILES string of the molecule is CC(=O)C(CCS(C)(=O)=O)(CCS(C)(=O)=O)c1ccccc1. The average Bonchev–Trinajstić information content (AvgIpc) is 2.37. The zero-order chi connectivity index (χ0) is 17.0. The predicted octanol–water partition coefficient (Wildman–Crippen LogP) is 1.38. The van der Waals surface area contributed by atoms with Gasteiger partial charge in [0.2, 0.25) is 0 Å². The molecule has 7 heteroatoms. The lowest BCUT2D eigenvalue weighted by Crippen LogP contribution is -2.38. The van der Waals surface area contributed by atoms with Gasteiger partial charge < -0.3 is 0 Å². The Labute approximate surface area is 132 Å². The summed E-state index contributed by atoms with van der Waals surface area (Å²) in [6.45, 7) is 1.39. The van der Waals surface area contributed by atoms with Crippen LogP contribution < -0.4 is 0 Å². The van der Waals surface area contributed by atoms with Crippen molar-refractivity contribution in [3.63, 3.8) is 0 Å². The Hall–Kier alpha value is -1.21. The number of benzene rings is 1. The van der Waals surface area contributed by atoms with Crippen molar-refractivity contribution in [1.29, 1.82) is 0 Å². The van der Waals surface area contributed by atoms with Crippen LogP contribution in [0.3, 0.4) is 0 Å². The molecule has 0 saturated heterocycles. The third-order valence-electron chi connectivity index (χ3n) is 3.80. The summed E-state index contributed by atoms with van der Waals surface area (Å²) in [5.41, 5.74) is -0.428. The first-order valence-corrected chi connectivity index (χ1v) is 11.0. The number of hydrogen-bond donors (Lipinski definition) is 0. The minimum Gasteiger partial charge on any atom is -0.299 e. The molecule has 0 aliphatic carbocycles. The number of Topliss-reactive ketones (excluding diaryl/α,β-unsaturated/α-hetero) is 1. The molecule has 0 aliphatic rings. The first-order valence-electron chi connectivity index (χ1n) is 6.88. The lowest BCUT2D eigenvalue weighted by atomic mass is 9.73. The van der Waals surface area contributed by atoms with Gasteiger partial charge in [-0.15, -0.1) is 0 Å². The molecule has 0 atom stereocenters. The second kappa shape index (κ2) is 6.91. The highest BCUT2D eigenvalue weighted by atomic mass is 32.2. The normalized spacial score (nSPS) is 13.0. The van der Waals surface area contributed by atoms with Crippen LogP contribution >= 0.6 is 0 Å². The van der Waals surface area contributed by atoms with E-state index in [9.17, 15) is 21.6 Å². The summed E-state index contributed by atoms with van der Waals surface area (Å²) in [4.78, 5) is 12.3. The van der Waals surface area contributed by atoms with Crippen LogP contribution in [0.5, 0.6) is 0 Å². The van der Waals surface area contributed by atoms with E-state index in [1.54, 1.807) is 30.3 Å². The largest absolute Gasteiger partial charge is 0.299 e. The molecule has 1 aromatic carbocycles. The first-order chi connectivity index (χ1) is 9.96. The van der Waals surface area contributed by atoms with Crippen LogP contribution in [0, 0.1) is 0 Å². The van der Waals surface area contributed by atoms with Gasteiger partial charge in [0, 0.05) is 12.5 Å². The number of sulfone groups is 2. The Bertz CT molecular complexity index is 682. The summed E-state index contributed by atoms with van der Waals surface area (Å²) in [6.07, 6.45) is 2.39. The van der Waals surface area contributed by atoms with Crippen molar-refractivity contribution in [2.75, 3.05) is 24.0 Å². The van der Waals surface area contributed by atoms with Crippen LogP contribution in [0.4, 0.5) is 0 Å². The van der Waals surface area contributed by atoms with E-state index in [1.807, 2.05) is 0 Å². The molecule has 0 aromatic heterocycles. The first kappa shape index (κ1) is 18.8. The maximum Gasteiger partial charge on any atom is 0.147 e. The molecule has 124 valence electrons. The highest BCUT2D eigenvalue weighted by Gasteiger charge is 2.38. The minimum absolute atomic E-state index is 0.0840. The highest BCUT2D eigenvalue weighted by molar-refractivity contribution is 7.90. The predicted molar refractivity (Wildman–Crippen MR) is 87.5 cm³/mol.